The van der Waals surface area contributed by atoms with Crippen molar-refractivity contribution in [2.75, 3.05) is 25.6 Å². The molecule has 0 fully saturated rings. The van der Waals surface area contributed by atoms with Gasteiger partial charge in [-0.3, -0.25) is 4.79 Å². The highest BCUT2D eigenvalue weighted by Crippen LogP contribution is 2.21. The number of carbonyl (C=O) groups excluding carboxylic acids is 1. The zero-order chi connectivity index (χ0) is 12.1. The van der Waals surface area contributed by atoms with Gasteiger partial charge in [-0.15, -0.1) is 0 Å². The van der Waals surface area contributed by atoms with E-state index in [1.165, 1.54) is 7.11 Å². The van der Waals surface area contributed by atoms with Gasteiger partial charge in [0, 0.05) is 17.2 Å². The minimum Gasteiger partial charge on any atom is -0.468 e. The summed E-state index contributed by atoms with van der Waals surface area (Å²) in [5.74, 6) is -0.319. The molecule has 0 heterocycles. The summed E-state index contributed by atoms with van der Waals surface area (Å²) >= 11 is 3.31. The summed E-state index contributed by atoms with van der Waals surface area (Å²) in [7, 11) is 3.11. The van der Waals surface area contributed by atoms with E-state index in [9.17, 15) is 4.79 Å². The van der Waals surface area contributed by atoms with Gasteiger partial charge in [-0.2, -0.15) is 5.26 Å². The van der Waals surface area contributed by atoms with Gasteiger partial charge in [0.2, 0.25) is 0 Å². The molecule has 84 valence electrons. The summed E-state index contributed by atoms with van der Waals surface area (Å²) in [6.07, 6.45) is 0. The van der Waals surface area contributed by atoms with Crippen LogP contribution >= 0.6 is 15.9 Å². The van der Waals surface area contributed by atoms with Crippen LogP contribution in [0.4, 0.5) is 5.69 Å². The molecule has 0 radical (unpaired) electrons. The first-order valence-electron chi connectivity index (χ1n) is 4.55. The number of benzene rings is 1. The number of ether oxygens (including phenoxy) is 1. The van der Waals surface area contributed by atoms with Crippen LogP contribution in [-0.4, -0.2) is 26.7 Å². The number of esters is 1. The zero-order valence-electron chi connectivity index (χ0n) is 9.03. The zero-order valence-corrected chi connectivity index (χ0v) is 10.6. The van der Waals surface area contributed by atoms with Crippen LogP contribution in [0.3, 0.4) is 0 Å². The number of nitriles is 1. The number of hydrogen-bond donors (Lipinski definition) is 0. The van der Waals surface area contributed by atoms with Gasteiger partial charge in [-0.25, -0.2) is 0 Å². The van der Waals surface area contributed by atoms with E-state index in [4.69, 9.17) is 5.26 Å². The summed E-state index contributed by atoms with van der Waals surface area (Å²) < 4.78 is 5.38. The summed E-state index contributed by atoms with van der Waals surface area (Å²) in [5, 5.41) is 8.82. The Morgan fingerprint density at radius 3 is 2.81 bits per heavy atom. The molecule has 0 saturated carbocycles. The van der Waals surface area contributed by atoms with Gasteiger partial charge < -0.3 is 9.64 Å². The number of nitrogens with zero attached hydrogens (tertiary/aromatic N) is 2. The largest absolute Gasteiger partial charge is 0.468 e. The van der Waals surface area contributed by atoms with E-state index < -0.39 is 0 Å². The molecule has 1 aromatic carbocycles. The Hall–Kier alpha value is -1.54. The monoisotopic (exact) mass is 282 g/mol. The van der Waals surface area contributed by atoms with Crippen molar-refractivity contribution in [3.63, 3.8) is 0 Å². The number of hydrogen-bond acceptors (Lipinski definition) is 4. The Morgan fingerprint density at radius 1 is 1.56 bits per heavy atom. The van der Waals surface area contributed by atoms with Crippen molar-refractivity contribution in [1.82, 2.24) is 0 Å². The van der Waals surface area contributed by atoms with E-state index >= 15 is 0 Å². The second-order valence-electron chi connectivity index (χ2n) is 3.24. The van der Waals surface area contributed by atoms with Crippen molar-refractivity contribution < 1.29 is 9.53 Å². The molecule has 5 heteroatoms. The van der Waals surface area contributed by atoms with E-state index in [2.05, 4.69) is 26.7 Å². The van der Waals surface area contributed by atoms with Crippen LogP contribution in [0.2, 0.25) is 0 Å². The van der Waals surface area contributed by atoms with E-state index in [0.717, 1.165) is 10.2 Å². The number of rotatable bonds is 3. The number of carbonyl (C=O) groups is 1. The van der Waals surface area contributed by atoms with E-state index in [-0.39, 0.29) is 12.5 Å². The molecule has 0 bridgehead atoms. The molecule has 0 aromatic heterocycles. The van der Waals surface area contributed by atoms with Crippen LogP contribution in [-0.2, 0) is 9.53 Å². The smallest absolute Gasteiger partial charge is 0.325 e. The second kappa shape index (κ2) is 5.52. The summed E-state index contributed by atoms with van der Waals surface area (Å²) in [4.78, 5) is 12.8. The number of halogens is 1. The lowest BCUT2D eigenvalue weighted by molar-refractivity contribution is -0.138. The maximum Gasteiger partial charge on any atom is 0.325 e. The molecule has 4 nitrogen and oxygen atoms in total. The fourth-order valence-electron chi connectivity index (χ4n) is 1.21. The highest BCUT2D eigenvalue weighted by molar-refractivity contribution is 9.10. The molecule has 0 spiro atoms. The second-order valence-corrected chi connectivity index (χ2v) is 4.16. The van der Waals surface area contributed by atoms with Crippen LogP contribution in [0.25, 0.3) is 0 Å². The minimum atomic E-state index is -0.319. The summed E-state index contributed by atoms with van der Waals surface area (Å²) in [6.45, 7) is 0.151. The van der Waals surface area contributed by atoms with Crippen LogP contribution in [0.1, 0.15) is 5.56 Å². The maximum atomic E-state index is 11.1. The summed E-state index contributed by atoms with van der Waals surface area (Å²) in [6, 6.07) is 7.33. The van der Waals surface area contributed by atoms with Gasteiger partial charge in [0.25, 0.3) is 0 Å². The van der Waals surface area contributed by atoms with Crippen LogP contribution in [0.15, 0.2) is 22.7 Å². The van der Waals surface area contributed by atoms with Crippen molar-refractivity contribution >= 4 is 27.6 Å². The number of anilines is 1. The average Bonchev–Trinajstić information content (AvgIpc) is 2.27. The van der Waals surface area contributed by atoms with E-state index in [0.29, 0.717) is 5.56 Å². The van der Waals surface area contributed by atoms with Crippen molar-refractivity contribution in [3.8, 4) is 6.07 Å². The van der Waals surface area contributed by atoms with Gasteiger partial charge in [0.1, 0.15) is 6.54 Å². The fourth-order valence-corrected chi connectivity index (χ4v) is 1.69. The highest BCUT2D eigenvalue weighted by atomic mass is 79.9. The molecule has 0 unspecified atom stereocenters. The molecule has 16 heavy (non-hydrogen) atoms. The Bertz CT molecular complexity index is 440. The maximum absolute atomic E-state index is 11.1. The molecule has 1 aromatic rings. The van der Waals surface area contributed by atoms with Gasteiger partial charge in [-0.05, 0) is 18.2 Å². The Morgan fingerprint density at radius 2 is 2.25 bits per heavy atom. The van der Waals surface area contributed by atoms with Crippen molar-refractivity contribution in [2.45, 2.75) is 0 Å². The first-order chi connectivity index (χ1) is 7.56. The molecular weight excluding hydrogens is 272 g/mol. The Labute approximate surface area is 103 Å². The molecule has 0 N–H and O–H groups in total. The van der Waals surface area contributed by atoms with Crippen LogP contribution < -0.4 is 4.90 Å². The predicted octanol–water partition coefficient (Wildman–Crippen LogP) is 1.93. The lowest BCUT2D eigenvalue weighted by atomic mass is 10.2. The van der Waals surface area contributed by atoms with Crippen molar-refractivity contribution in [1.29, 1.82) is 5.26 Å². The Kier molecular flexibility index (Phi) is 4.32. The van der Waals surface area contributed by atoms with Crippen molar-refractivity contribution in [3.05, 3.63) is 28.2 Å². The lowest BCUT2D eigenvalue weighted by Crippen LogP contribution is -2.26. The SMILES string of the molecule is COC(=O)CN(C)c1cc(Br)cc(C#N)c1. The third-order valence-corrected chi connectivity index (χ3v) is 2.50. The quantitative estimate of drug-likeness (QED) is 0.795. The topological polar surface area (TPSA) is 53.3 Å². The minimum absolute atomic E-state index is 0.151. The summed E-state index contributed by atoms with van der Waals surface area (Å²) in [5.41, 5.74) is 1.33. The number of likely N-dealkylation sites (N-methyl/N-ethyl adjacent to an activating group) is 1. The molecule has 0 aliphatic rings. The predicted molar refractivity (Wildman–Crippen MR) is 64.1 cm³/mol. The molecular formula is C11H11BrN2O2. The third kappa shape index (κ3) is 3.24. The third-order valence-electron chi connectivity index (χ3n) is 2.05. The standard InChI is InChI=1S/C11H11BrN2O2/c1-14(7-11(15)16-2)10-4-8(6-13)3-9(12)5-10/h3-5H,7H2,1-2H3. The van der Waals surface area contributed by atoms with Gasteiger partial charge in [-0.1, -0.05) is 15.9 Å². The normalized spacial score (nSPS) is 9.38. The molecule has 0 aliphatic heterocycles. The van der Waals surface area contributed by atoms with Crippen molar-refractivity contribution in [2.24, 2.45) is 0 Å². The van der Waals surface area contributed by atoms with Crippen LogP contribution in [0.5, 0.6) is 0 Å². The molecule has 0 amide bonds. The average molecular weight is 283 g/mol. The molecule has 0 saturated heterocycles. The first-order valence-corrected chi connectivity index (χ1v) is 5.34. The molecule has 0 aliphatic carbocycles. The molecule has 1 rings (SSSR count). The number of methoxy groups -OCH3 is 1. The first kappa shape index (κ1) is 12.5. The van der Waals surface area contributed by atoms with Gasteiger partial charge in [0.15, 0.2) is 0 Å². The fraction of sp³-hybridized carbons (Fsp3) is 0.273. The van der Waals surface area contributed by atoms with Gasteiger partial charge >= 0.3 is 5.97 Å². The van der Waals surface area contributed by atoms with Crippen LogP contribution in [0, 0.1) is 11.3 Å². The Balaban J connectivity index is 2.91. The van der Waals surface area contributed by atoms with E-state index in [1.807, 2.05) is 6.07 Å². The molecule has 0 atom stereocenters. The van der Waals surface area contributed by atoms with Gasteiger partial charge in [0.05, 0.1) is 18.7 Å². The highest BCUT2D eigenvalue weighted by Gasteiger charge is 2.08. The van der Waals surface area contributed by atoms with E-state index in [1.54, 1.807) is 24.1 Å². The lowest BCUT2D eigenvalue weighted by Gasteiger charge is -2.18.